The molecule has 0 saturated carbocycles. The summed E-state index contributed by atoms with van der Waals surface area (Å²) in [7, 11) is 0. The van der Waals surface area contributed by atoms with E-state index in [1.807, 2.05) is 29.2 Å². The number of carbonyl (C=O) groups is 1. The minimum atomic E-state index is -0.284. The Balaban J connectivity index is 1.53. The fourth-order valence-corrected chi connectivity index (χ4v) is 3.14. The molecular weight excluding hydrogens is 341 g/mol. The normalized spacial score (nSPS) is 15.5. The average molecular weight is 363 g/mol. The molecule has 1 aliphatic rings. The fourth-order valence-electron chi connectivity index (χ4n) is 3.14. The molecule has 27 heavy (non-hydrogen) atoms. The molecule has 138 valence electrons. The molecule has 0 aliphatic carbocycles. The highest BCUT2D eigenvalue weighted by molar-refractivity contribution is 5.91. The van der Waals surface area contributed by atoms with Gasteiger partial charge in [0.2, 0.25) is 5.91 Å². The highest BCUT2D eigenvalue weighted by atomic mass is 19.1. The van der Waals surface area contributed by atoms with Gasteiger partial charge in [-0.3, -0.25) is 9.69 Å². The van der Waals surface area contributed by atoms with Crippen LogP contribution in [-0.4, -0.2) is 41.9 Å². The van der Waals surface area contributed by atoms with Gasteiger partial charge in [-0.05, 0) is 47.9 Å². The highest BCUT2D eigenvalue weighted by Gasteiger charge is 2.17. The number of halogens is 1. The molecule has 1 fully saturated rings. The van der Waals surface area contributed by atoms with Crippen LogP contribution < -0.4 is 0 Å². The Bertz CT molecular complexity index is 837. The molecule has 1 amide bonds. The molecule has 3 rings (SSSR count). The number of hydrogen-bond donors (Lipinski definition) is 0. The van der Waals surface area contributed by atoms with E-state index in [4.69, 9.17) is 5.26 Å². The van der Waals surface area contributed by atoms with Crippen LogP contribution in [0.2, 0.25) is 0 Å². The third-order valence-electron chi connectivity index (χ3n) is 4.68. The molecule has 0 aromatic heterocycles. The molecule has 0 atom stereocenters. The van der Waals surface area contributed by atoms with Gasteiger partial charge in [-0.15, -0.1) is 0 Å². The van der Waals surface area contributed by atoms with Crippen molar-refractivity contribution in [3.05, 3.63) is 77.1 Å². The standard InChI is InChI=1S/C22H22FN3O/c23-21-9-6-18(7-10-21)8-11-22(27)26-13-1-12-25(14-15-26)17-20-4-2-19(16-24)3-5-20/h2-11H,1,12-15,17H2/b11-8+. The summed E-state index contributed by atoms with van der Waals surface area (Å²) in [6.07, 6.45) is 4.21. The van der Waals surface area contributed by atoms with Crippen LogP contribution in [-0.2, 0) is 11.3 Å². The van der Waals surface area contributed by atoms with E-state index in [9.17, 15) is 9.18 Å². The number of amides is 1. The van der Waals surface area contributed by atoms with Crippen LogP contribution >= 0.6 is 0 Å². The monoisotopic (exact) mass is 363 g/mol. The van der Waals surface area contributed by atoms with Gasteiger partial charge in [0, 0.05) is 38.8 Å². The van der Waals surface area contributed by atoms with Gasteiger partial charge in [0.15, 0.2) is 0 Å². The van der Waals surface area contributed by atoms with Crippen molar-refractivity contribution in [3.8, 4) is 6.07 Å². The Kier molecular flexibility index (Phi) is 6.35. The third-order valence-corrected chi connectivity index (χ3v) is 4.68. The minimum Gasteiger partial charge on any atom is -0.338 e. The van der Waals surface area contributed by atoms with Crippen LogP contribution in [0.15, 0.2) is 54.6 Å². The van der Waals surface area contributed by atoms with Gasteiger partial charge in [-0.2, -0.15) is 5.26 Å². The molecule has 1 heterocycles. The van der Waals surface area contributed by atoms with Crippen LogP contribution in [0.4, 0.5) is 4.39 Å². The summed E-state index contributed by atoms with van der Waals surface area (Å²) < 4.78 is 12.9. The topological polar surface area (TPSA) is 47.3 Å². The zero-order chi connectivity index (χ0) is 19.1. The lowest BCUT2D eigenvalue weighted by molar-refractivity contribution is -0.125. The lowest BCUT2D eigenvalue weighted by atomic mass is 10.1. The van der Waals surface area contributed by atoms with Crippen molar-refractivity contribution in [2.24, 2.45) is 0 Å². The number of carbonyl (C=O) groups excluding carboxylic acids is 1. The van der Waals surface area contributed by atoms with Gasteiger partial charge in [0.1, 0.15) is 5.82 Å². The number of benzene rings is 2. The number of hydrogen-bond acceptors (Lipinski definition) is 3. The summed E-state index contributed by atoms with van der Waals surface area (Å²) in [6.45, 7) is 3.99. The van der Waals surface area contributed by atoms with Crippen LogP contribution in [0.25, 0.3) is 6.08 Å². The van der Waals surface area contributed by atoms with E-state index in [1.54, 1.807) is 24.3 Å². The van der Waals surface area contributed by atoms with Crippen molar-refractivity contribution >= 4 is 12.0 Å². The van der Waals surface area contributed by atoms with Crippen molar-refractivity contribution in [1.29, 1.82) is 5.26 Å². The van der Waals surface area contributed by atoms with Crippen molar-refractivity contribution in [3.63, 3.8) is 0 Å². The zero-order valence-electron chi connectivity index (χ0n) is 15.1. The lowest BCUT2D eigenvalue weighted by Crippen LogP contribution is -2.34. The molecule has 5 heteroatoms. The van der Waals surface area contributed by atoms with E-state index < -0.39 is 0 Å². The quantitative estimate of drug-likeness (QED) is 0.782. The van der Waals surface area contributed by atoms with Gasteiger partial charge < -0.3 is 4.90 Å². The second-order valence-corrected chi connectivity index (χ2v) is 6.65. The number of rotatable bonds is 4. The smallest absolute Gasteiger partial charge is 0.246 e. The molecule has 2 aromatic rings. The largest absolute Gasteiger partial charge is 0.338 e. The van der Waals surface area contributed by atoms with E-state index >= 15 is 0 Å². The molecule has 0 spiro atoms. The van der Waals surface area contributed by atoms with Crippen molar-refractivity contribution in [1.82, 2.24) is 9.80 Å². The summed E-state index contributed by atoms with van der Waals surface area (Å²) in [5, 5.41) is 8.88. The van der Waals surface area contributed by atoms with Gasteiger partial charge in [0.05, 0.1) is 11.6 Å². The number of nitrogens with zero attached hydrogens (tertiary/aromatic N) is 3. The maximum absolute atomic E-state index is 12.9. The van der Waals surface area contributed by atoms with Crippen molar-refractivity contribution in [2.75, 3.05) is 26.2 Å². The Hall–Kier alpha value is -2.97. The summed E-state index contributed by atoms with van der Waals surface area (Å²) >= 11 is 0. The summed E-state index contributed by atoms with van der Waals surface area (Å²) in [5.41, 5.74) is 2.64. The first-order valence-electron chi connectivity index (χ1n) is 9.08. The summed E-state index contributed by atoms with van der Waals surface area (Å²) in [5.74, 6) is -0.298. The van der Waals surface area contributed by atoms with Crippen molar-refractivity contribution < 1.29 is 9.18 Å². The van der Waals surface area contributed by atoms with Crippen LogP contribution in [0, 0.1) is 17.1 Å². The molecule has 2 aromatic carbocycles. The average Bonchev–Trinajstić information content (AvgIpc) is 2.93. The molecule has 0 N–H and O–H groups in total. The first kappa shape index (κ1) is 18.8. The van der Waals surface area contributed by atoms with E-state index in [0.717, 1.165) is 38.2 Å². The molecular formula is C22H22FN3O. The van der Waals surface area contributed by atoms with E-state index in [2.05, 4.69) is 11.0 Å². The Morgan fingerprint density at radius 2 is 1.78 bits per heavy atom. The Labute approximate surface area is 159 Å². The molecule has 1 saturated heterocycles. The summed E-state index contributed by atoms with van der Waals surface area (Å²) in [6, 6.07) is 15.9. The second-order valence-electron chi connectivity index (χ2n) is 6.65. The van der Waals surface area contributed by atoms with E-state index in [-0.39, 0.29) is 11.7 Å². The fraction of sp³-hybridized carbons (Fsp3) is 0.273. The molecule has 4 nitrogen and oxygen atoms in total. The van der Waals surface area contributed by atoms with Crippen molar-refractivity contribution in [2.45, 2.75) is 13.0 Å². The first-order valence-corrected chi connectivity index (χ1v) is 9.08. The van der Waals surface area contributed by atoms with E-state index in [1.165, 1.54) is 17.7 Å². The SMILES string of the molecule is N#Cc1ccc(CN2CCCN(C(=O)/C=C/c3ccc(F)cc3)CC2)cc1. The maximum atomic E-state index is 12.9. The van der Waals surface area contributed by atoms with Gasteiger partial charge >= 0.3 is 0 Å². The molecule has 0 unspecified atom stereocenters. The predicted molar refractivity (Wildman–Crippen MR) is 103 cm³/mol. The lowest BCUT2D eigenvalue weighted by Gasteiger charge is -2.21. The minimum absolute atomic E-state index is 0.0143. The predicted octanol–water partition coefficient (Wildman–Crippen LogP) is 3.45. The van der Waals surface area contributed by atoms with Crippen LogP contribution in [0.5, 0.6) is 0 Å². The second kappa shape index (κ2) is 9.11. The highest BCUT2D eigenvalue weighted by Crippen LogP contribution is 2.11. The van der Waals surface area contributed by atoms with Gasteiger partial charge in [0.25, 0.3) is 0 Å². The van der Waals surface area contributed by atoms with Gasteiger partial charge in [-0.25, -0.2) is 4.39 Å². The van der Waals surface area contributed by atoms with Crippen LogP contribution in [0.3, 0.4) is 0 Å². The third kappa shape index (κ3) is 5.50. The Morgan fingerprint density at radius 3 is 2.48 bits per heavy atom. The molecule has 1 aliphatic heterocycles. The maximum Gasteiger partial charge on any atom is 0.246 e. The summed E-state index contributed by atoms with van der Waals surface area (Å²) in [4.78, 5) is 16.6. The molecule has 0 radical (unpaired) electrons. The Morgan fingerprint density at radius 1 is 1.04 bits per heavy atom. The zero-order valence-corrected chi connectivity index (χ0v) is 15.1. The van der Waals surface area contributed by atoms with Gasteiger partial charge in [-0.1, -0.05) is 24.3 Å². The first-order chi connectivity index (χ1) is 13.1. The number of nitriles is 1. The molecule has 0 bridgehead atoms. The van der Waals surface area contributed by atoms with Crippen LogP contribution in [0.1, 0.15) is 23.1 Å². The van der Waals surface area contributed by atoms with E-state index in [0.29, 0.717) is 12.1 Å².